The lowest BCUT2D eigenvalue weighted by atomic mass is 9.81. The van der Waals surface area contributed by atoms with Crippen molar-refractivity contribution in [1.82, 2.24) is 14.8 Å². The molecular formula is C17H32Cl2N4OS. The van der Waals surface area contributed by atoms with Gasteiger partial charge in [-0.3, -0.25) is 9.69 Å². The first kappa shape index (κ1) is 24.6. The van der Waals surface area contributed by atoms with Crippen molar-refractivity contribution in [2.75, 3.05) is 32.7 Å². The van der Waals surface area contributed by atoms with Crippen LogP contribution < -0.4 is 5.73 Å². The Morgan fingerprint density at radius 3 is 2.24 bits per heavy atom. The number of carbonyl (C=O) groups is 1. The molecule has 0 saturated carbocycles. The van der Waals surface area contributed by atoms with E-state index < -0.39 is 0 Å². The van der Waals surface area contributed by atoms with Gasteiger partial charge in [-0.25, -0.2) is 4.98 Å². The van der Waals surface area contributed by atoms with Crippen LogP contribution in [0.3, 0.4) is 0 Å². The number of aryl methyl sites for hydroxylation is 1. The van der Waals surface area contributed by atoms with E-state index in [1.165, 1.54) is 5.01 Å². The van der Waals surface area contributed by atoms with Crippen molar-refractivity contribution in [1.29, 1.82) is 0 Å². The summed E-state index contributed by atoms with van der Waals surface area (Å²) >= 11 is 1.74. The van der Waals surface area contributed by atoms with E-state index in [1.54, 1.807) is 11.3 Å². The van der Waals surface area contributed by atoms with Crippen molar-refractivity contribution in [3.8, 4) is 0 Å². The van der Waals surface area contributed by atoms with E-state index in [0.29, 0.717) is 6.54 Å². The van der Waals surface area contributed by atoms with Crippen LogP contribution in [0.2, 0.25) is 0 Å². The van der Waals surface area contributed by atoms with Crippen LogP contribution in [0.4, 0.5) is 0 Å². The molecule has 0 unspecified atom stereocenters. The first-order valence-electron chi connectivity index (χ1n) is 8.73. The topological polar surface area (TPSA) is 62.5 Å². The number of halogens is 2. The molecular weight excluding hydrogens is 379 g/mol. The molecule has 1 aliphatic rings. The predicted molar refractivity (Wildman–Crippen MR) is 110 cm³/mol. The second-order valence-electron chi connectivity index (χ2n) is 6.35. The zero-order chi connectivity index (χ0) is 16.9. The summed E-state index contributed by atoms with van der Waals surface area (Å²) in [6, 6.07) is 0. The third-order valence-corrected chi connectivity index (χ3v) is 6.19. The highest BCUT2D eigenvalue weighted by Crippen LogP contribution is 2.28. The zero-order valence-electron chi connectivity index (χ0n) is 15.5. The number of amides is 1. The Balaban J connectivity index is 0.00000288. The lowest BCUT2D eigenvalue weighted by Crippen LogP contribution is -2.54. The highest BCUT2D eigenvalue weighted by atomic mass is 35.5. The van der Waals surface area contributed by atoms with E-state index in [-0.39, 0.29) is 36.1 Å². The lowest BCUT2D eigenvalue weighted by Gasteiger charge is -2.40. The molecule has 0 aliphatic carbocycles. The fourth-order valence-electron chi connectivity index (χ4n) is 3.19. The number of carbonyl (C=O) groups excluding carboxylic acids is 1. The second kappa shape index (κ2) is 11.3. The lowest BCUT2D eigenvalue weighted by molar-refractivity contribution is -0.144. The van der Waals surface area contributed by atoms with Crippen LogP contribution in [0, 0.1) is 5.41 Å². The first-order valence-corrected chi connectivity index (χ1v) is 9.61. The molecule has 0 spiro atoms. The molecule has 2 heterocycles. The molecule has 1 amide bonds. The molecule has 146 valence electrons. The maximum absolute atomic E-state index is 12.8. The molecule has 0 radical (unpaired) electrons. The van der Waals surface area contributed by atoms with E-state index in [4.69, 9.17) is 5.73 Å². The monoisotopic (exact) mass is 410 g/mol. The van der Waals surface area contributed by atoms with Crippen LogP contribution in [-0.4, -0.2) is 53.4 Å². The predicted octanol–water partition coefficient (Wildman–Crippen LogP) is 2.96. The van der Waals surface area contributed by atoms with Crippen LogP contribution in [0.25, 0.3) is 0 Å². The van der Waals surface area contributed by atoms with Gasteiger partial charge in [-0.2, -0.15) is 0 Å². The Bertz CT molecular complexity index is 506. The van der Waals surface area contributed by atoms with Crippen molar-refractivity contribution in [3.05, 3.63) is 16.1 Å². The van der Waals surface area contributed by atoms with Crippen LogP contribution in [0.1, 0.15) is 44.3 Å². The molecule has 2 N–H and O–H groups in total. The molecule has 1 saturated heterocycles. The van der Waals surface area contributed by atoms with Gasteiger partial charge in [0.25, 0.3) is 0 Å². The van der Waals surface area contributed by atoms with E-state index in [9.17, 15) is 4.79 Å². The number of piperazine rings is 1. The van der Waals surface area contributed by atoms with Crippen molar-refractivity contribution >= 4 is 42.1 Å². The molecule has 0 bridgehead atoms. The van der Waals surface area contributed by atoms with Crippen LogP contribution >= 0.6 is 36.2 Å². The van der Waals surface area contributed by atoms with Gasteiger partial charge in [-0.15, -0.1) is 36.2 Å². The molecule has 1 fully saturated rings. The first-order chi connectivity index (χ1) is 11.1. The third kappa shape index (κ3) is 5.79. The Kier molecular flexibility index (Phi) is 11.2. The van der Waals surface area contributed by atoms with Gasteiger partial charge in [-0.1, -0.05) is 20.8 Å². The number of thiazole rings is 1. The van der Waals surface area contributed by atoms with Gasteiger partial charge >= 0.3 is 0 Å². The van der Waals surface area contributed by atoms with Gasteiger partial charge in [-0.05, 0) is 19.3 Å². The quantitative estimate of drug-likeness (QED) is 0.750. The minimum absolute atomic E-state index is 0. The maximum atomic E-state index is 12.8. The largest absolute Gasteiger partial charge is 0.340 e. The van der Waals surface area contributed by atoms with Gasteiger partial charge in [0, 0.05) is 44.6 Å². The summed E-state index contributed by atoms with van der Waals surface area (Å²) < 4.78 is 0. The van der Waals surface area contributed by atoms with Crippen molar-refractivity contribution in [3.63, 3.8) is 0 Å². The average molecular weight is 411 g/mol. The zero-order valence-corrected chi connectivity index (χ0v) is 17.9. The van der Waals surface area contributed by atoms with E-state index in [1.807, 2.05) is 4.90 Å². The van der Waals surface area contributed by atoms with Crippen LogP contribution in [0.15, 0.2) is 5.38 Å². The Morgan fingerprint density at radius 1 is 1.20 bits per heavy atom. The Hall–Kier alpha value is -0.400. The second-order valence-corrected chi connectivity index (χ2v) is 7.29. The Labute approximate surface area is 168 Å². The number of nitrogens with two attached hydrogens (primary N) is 1. The van der Waals surface area contributed by atoms with Crippen LogP contribution in [0.5, 0.6) is 0 Å². The van der Waals surface area contributed by atoms with Gasteiger partial charge < -0.3 is 10.6 Å². The molecule has 1 aromatic rings. The molecule has 0 atom stereocenters. The highest BCUT2D eigenvalue weighted by Gasteiger charge is 2.37. The standard InChI is InChI=1S/C17H30N4OS.2ClH/c1-4-15-19-14(12-23-15)11-20-7-9-21(10-8-20)16(22)17(5-2,6-3)13-18;;/h12H,4-11,13,18H2,1-3H3;2*1H. The molecule has 5 nitrogen and oxygen atoms in total. The summed E-state index contributed by atoms with van der Waals surface area (Å²) in [5, 5.41) is 3.36. The summed E-state index contributed by atoms with van der Waals surface area (Å²) in [6.07, 6.45) is 2.64. The minimum atomic E-state index is -0.368. The van der Waals surface area contributed by atoms with E-state index >= 15 is 0 Å². The summed E-state index contributed by atoms with van der Waals surface area (Å²) in [6.45, 7) is 11.0. The summed E-state index contributed by atoms with van der Waals surface area (Å²) in [7, 11) is 0. The Morgan fingerprint density at radius 2 is 1.80 bits per heavy atom. The number of hydrogen-bond donors (Lipinski definition) is 1. The fraction of sp³-hybridized carbons (Fsp3) is 0.765. The van der Waals surface area contributed by atoms with Crippen molar-refractivity contribution < 1.29 is 4.79 Å². The molecule has 25 heavy (non-hydrogen) atoms. The fourth-order valence-corrected chi connectivity index (χ4v) is 3.92. The normalized spacial score (nSPS) is 15.4. The summed E-state index contributed by atoms with van der Waals surface area (Å²) in [4.78, 5) is 21.9. The van der Waals surface area contributed by atoms with Crippen molar-refractivity contribution in [2.24, 2.45) is 11.1 Å². The molecule has 8 heteroatoms. The van der Waals surface area contributed by atoms with Gasteiger partial charge in [0.1, 0.15) is 0 Å². The van der Waals surface area contributed by atoms with Gasteiger partial charge in [0.15, 0.2) is 0 Å². The van der Waals surface area contributed by atoms with E-state index in [0.717, 1.165) is 57.7 Å². The van der Waals surface area contributed by atoms with Crippen LogP contribution in [-0.2, 0) is 17.8 Å². The number of aromatic nitrogens is 1. The third-order valence-electron chi connectivity index (χ3n) is 5.14. The highest BCUT2D eigenvalue weighted by molar-refractivity contribution is 7.09. The number of nitrogens with zero attached hydrogens (tertiary/aromatic N) is 3. The molecule has 1 aromatic heterocycles. The SMILES string of the molecule is CCc1nc(CN2CCN(C(=O)C(CC)(CC)CN)CC2)cs1.Cl.Cl. The molecule has 1 aliphatic heterocycles. The van der Waals surface area contributed by atoms with E-state index in [2.05, 4.69) is 36.0 Å². The smallest absolute Gasteiger partial charge is 0.230 e. The van der Waals surface area contributed by atoms with Crippen molar-refractivity contribution in [2.45, 2.75) is 46.6 Å². The number of hydrogen-bond acceptors (Lipinski definition) is 5. The van der Waals surface area contributed by atoms with Gasteiger partial charge in [0.05, 0.1) is 16.1 Å². The van der Waals surface area contributed by atoms with Gasteiger partial charge in [0.2, 0.25) is 5.91 Å². The minimum Gasteiger partial charge on any atom is -0.340 e. The summed E-state index contributed by atoms with van der Waals surface area (Å²) in [5.74, 6) is 0.242. The average Bonchev–Trinajstić information content (AvgIpc) is 3.05. The molecule has 0 aromatic carbocycles. The molecule has 2 rings (SSSR count). The summed E-state index contributed by atoms with van der Waals surface area (Å²) in [5.41, 5.74) is 6.71. The maximum Gasteiger partial charge on any atom is 0.230 e. The number of rotatable bonds is 7.